The smallest absolute Gasteiger partial charge is 0.160 e. The molecule has 0 saturated heterocycles. The zero-order valence-corrected chi connectivity index (χ0v) is 13.0. The van der Waals surface area contributed by atoms with Gasteiger partial charge in [0.15, 0.2) is 11.5 Å². The first kappa shape index (κ1) is 14.7. The first-order valence-corrected chi connectivity index (χ1v) is 7.58. The Morgan fingerprint density at radius 1 is 1.18 bits per heavy atom. The maximum atomic E-state index is 10.1. The summed E-state index contributed by atoms with van der Waals surface area (Å²) in [6, 6.07) is 11.5. The quantitative estimate of drug-likeness (QED) is 0.804. The van der Waals surface area contributed by atoms with Gasteiger partial charge in [-0.05, 0) is 35.4 Å². The molecule has 3 rings (SSSR count). The lowest BCUT2D eigenvalue weighted by Crippen LogP contribution is -3.10. The molecule has 0 amide bonds. The summed E-state index contributed by atoms with van der Waals surface area (Å²) < 4.78 is 5.22. The molecule has 0 bridgehead atoms. The van der Waals surface area contributed by atoms with Crippen LogP contribution in [0, 0.1) is 0 Å². The number of methoxy groups -OCH3 is 1. The number of likely N-dealkylation sites (N-methyl/N-ethyl adjacent to an activating group) is 1. The lowest BCUT2D eigenvalue weighted by Gasteiger charge is -2.32. The summed E-state index contributed by atoms with van der Waals surface area (Å²) in [5.41, 5.74) is 3.63. The minimum atomic E-state index is 0.201. The van der Waals surface area contributed by atoms with Crippen LogP contribution in [-0.2, 0) is 12.8 Å². The van der Waals surface area contributed by atoms with Crippen LogP contribution in [0.4, 0.5) is 0 Å². The van der Waals surface area contributed by atoms with Crippen LogP contribution in [-0.4, -0.2) is 30.9 Å². The molecule has 0 saturated carbocycles. The molecule has 116 valence electrons. The lowest BCUT2D eigenvalue weighted by atomic mass is 9.88. The number of quaternary nitrogens is 1. The second-order valence-corrected chi connectivity index (χ2v) is 5.99. The standard InChI is InChI=1S/C18H21NO3/c1-19-8-7-13-10-18(22-2)17(21)11-15(13)16(19)9-12-3-5-14(20)6-4-12/h3-6,10-11,16,20-21H,7-9H2,1-2H3/p+1/t16-/m1/s1. The minimum absolute atomic E-state index is 0.201. The summed E-state index contributed by atoms with van der Waals surface area (Å²) in [5, 5.41) is 19.5. The fourth-order valence-corrected chi connectivity index (χ4v) is 3.25. The number of ether oxygens (including phenoxy) is 1. The number of benzene rings is 2. The van der Waals surface area contributed by atoms with E-state index in [-0.39, 0.29) is 11.5 Å². The van der Waals surface area contributed by atoms with Gasteiger partial charge in [-0.2, -0.15) is 0 Å². The number of hydrogen-bond donors (Lipinski definition) is 3. The number of hydrogen-bond acceptors (Lipinski definition) is 3. The van der Waals surface area contributed by atoms with Crippen molar-refractivity contribution in [1.82, 2.24) is 0 Å². The number of nitrogens with one attached hydrogen (secondary N) is 1. The third-order valence-corrected chi connectivity index (χ3v) is 4.58. The molecular weight excluding hydrogens is 278 g/mol. The Labute approximate surface area is 130 Å². The Balaban J connectivity index is 1.95. The second-order valence-electron chi connectivity index (χ2n) is 5.99. The van der Waals surface area contributed by atoms with Crippen LogP contribution < -0.4 is 9.64 Å². The van der Waals surface area contributed by atoms with Crippen LogP contribution in [0.1, 0.15) is 22.7 Å². The van der Waals surface area contributed by atoms with Crippen molar-refractivity contribution < 1.29 is 19.8 Å². The summed E-state index contributed by atoms with van der Waals surface area (Å²) >= 11 is 0. The molecule has 0 aromatic heterocycles. The van der Waals surface area contributed by atoms with Gasteiger partial charge in [-0.3, -0.25) is 0 Å². The van der Waals surface area contributed by atoms with E-state index in [1.807, 2.05) is 24.3 Å². The van der Waals surface area contributed by atoms with E-state index in [0.717, 1.165) is 19.4 Å². The zero-order chi connectivity index (χ0) is 15.7. The fourth-order valence-electron chi connectivity index (χ4n) is 3.25. The molecule has 0 aliphatic carbocycles. The maximum Gasteiger partial charge on any atom is 0.160 e. The van der Waals surface area contributed by atoms with Crippen LogP contribution in [0.2, 0.25) is 0 Å². The molecule has 22 heavy (non-hydrogen) atoms. The van der Waals surface area contributed by atoms with Crippen molar-refractivity contribution in [3.63, 3.8) is 0 Å². The number of phenolic OH excluding ortho intramolecular Hbond substituents is 2. The van der Waals surface area contributed by atoms with Crippen LogP contribution in [0.3, 0.4) is 0 Å². The second kappa shape index (κ2) is 5.89. The average molecular weight is 300 g/mol. The average Bonchev–Trinajstić information content (AvgIpc) is 2.52. The van der Waals surface area contributed by atoms with Gasteiger partial charge in [0, 0.05) is 18.4 Å². The van der Waals surface area contributed by atoms with Crippen LogP contribution in [0.25, 0.3) is 0 Å². The molecular formula is C18H22NO3+. The molecule has 0 fully saturated rings. The van der Waals surface area contributed by atoms with Gasteiger partial charge >= 0.3 is 0 Å². The van der Waals surface area contributed by atoms with Crippen molar-refractivity contribution in [2.24, 2.45) is 0 Å². The van der Waals surface area contributed by atoms with E-state index in [1.165, 1.54) is 21.6 Å². The highest BCUT2D eigenvalue weighted by Gasteiger charge is 2.29. The summed E-state index contributed by atoms with van der Waals surface area (Å²) in [5.74, 6) is 1.03. The normalized spacial score (nSPS) is 20.5. The van der Waals surface area contributed by atoms with E-state index in [4.69, 9.17) is 4.74 Å². The van der Waals surface area contributed by atoms with Crippen molar-refractivity contribution in [2.75, 3.05) is 20.7 Å². The van der Waals surface area contributed by atoms with E-state index in [0.29, 0.717) is 11.8 Å². The summed E-state index contributed by atoms with van der Waals surface area (Å²) in [4.78, 5) is 1.44. The van der Waals surface area contributed by atoms with Gasteiger partial charge in [0.2, 0.25) is 0 Å². The van der Waals surface area contributed by atoms with Crippen LogP contribution in [0.5, 0.6) is 17.2 Å². The van der Waals surface area contributed by atoms with Crippen molar-refractivity contribution in [1.29, 1.82) is 0 Å². The summed E-state index contributed by atoms with van der Waals surface area (Å²) in [7, 11) is 3.77. The van der Waals surface area contributed by atoms with Gasteiger partial charge in [0.25, 0.3) is 0 Å². The molecule has 0 spiro atoms. The van der Waals surface area contributed by atoms with E-state index >= 15 is 0 Å². The molecule has 2 aromatic carbocycles. The van der Waals surface area contributed by atoms with E-state index < -0.39 is 0 Å². The molecule has 2 aromatic rings. The minimum Gasteiger partial charge on any atom is -0.508 e. The van der Waals surface area contributed by atoms with Gasteiger partial charge in [0.05, 0.1) is 20.7 Å². The largest absolute Gasteiger partial charge is 0.508 e. The fraction of sp³-hybridized carbons (Fsp3) is 0.333. The highest BCUT2D eigenvalue weighted by atomic mass is 16.5. The van der Waals surface area contributed by atoms with E-state index in [2.05, 4.69) is 7.05 Å². The predicted molar refractivity (Wildman–Crippen MR) is 84.7 cm³/mol. The Morgan fingerprint density at radius 2 is 1.91 bits per heavy atom. The molecule has 1 aliphatic heterocycles. The number of rotatable bonds is 3. The van der Waals surface area contributed by atoms with Crippen LogP contribution in [0.15, 0.2) is 36.4 Å². The molecule has 4 heteroatoms. The highest BCUT2D eigenvalue weighted by Crippen LogP contribution is 2.34. The predicted octanol–water partition coefficient (Wildman–Crippen LogP) is 1.46. The van der Waals surface area contributed by atoms with Crippen molar-refractivity contribution in [3.05, 3.63) is 53.1 Å². The third kappa shape index (κ3) is 2.74. The molecule has 1 heterocycles. The van der Waals surface area contributed by atoms with Crippen molar-refractivity contribution in [3.8, 4) is 17.2 Å². The Kier molecular flexibility index (Phi) is 3.94. The molecule has 4 nitrogen and oxygen atoms in total. The topological polar surface area (TPSA) is 54.1 Å². The SMILES string of the molecule is COc1cc2c(cc1O)[C@@H](Cc1ccc(O)cc1)[NH+](C)CC2. The van der Waals surface area contributed by atoms with Crippen LogP contribution >= 0.6 is 0 Å². The molecule has 0 radical (unpaired) electrons. The molecule has 3 N–H and O–H groups in total. The summed E-state index contributed by atoms with van der Waals surface area (Å²) in [6.45, 7) is 1.06. The van der Waals surface area contributed by atoms with Gasteiger partial charge in [-0.15, -0.1) is 0 Å². The first-order valence-electron chi connectivity index (χ1n) is 7.58. The number of fused-ring (bicyclic) bond motifs is 1. The molecule has 2 atom stereocenters. The van der Waals surface area contributed by atoms with Gasteiger partial charge in [-0.25, -0.2) is 0 Å². The Hall–Kier alpha value is -2.20. The first-order chi connectivity index (χ1) is 10.6. The van der Waals surface area contributed by atoms with Gasteiger partial charge < -0.3 is 19.8 Å². The Bertz CT molecular complexity index is 667. The Morgan fingerprint density at radius 3 is 2.59 bits per heavy atom. The third-order valence-electron chi connectivity index (χ3n) is 4.58. The lowest BCUT2D eigenvalue weighted by molar-refractivity contribution is -0.914. The number of phenols is 2. The zero-order valence-electron chi connectivity index (χ0n) is 13.0. The molecule has 1 aliphatic rings. The van der Waals surface area contributed by atoms with Crippen molar-refractivity contribution in [2.45, 2.75) is 18.9 Å². The van der Waals surface area contributed by atoms with E-state index in [1.54, 1.807) is 19.2 Å². The highest BCUT2D eigenvalue weighted by molar-refractivity contribution is 5.48. The van der Waals surface area contributed by atoms with Gasteiger partial charge in [-0.1, -0.05) is 12.1 Å². The monoisotopic (exact) mass is 300 g/mol. The van der Waals surface area contributed by atoms with Crippen molar-refractivity contribution >= 4 is 0 Å². The van der Waals surface area contributed by atoms with E-state index in [9.17, 15) is 10.2 Å². The van der Waals surface area contributed by atoms with Gasteiger partial charge in [0.1, 0.15) is 11.8 Å². The number of aromatic hydroxyl groups is 2. The molecule has 1 unspecified atom stereocenters. The summed E-state index contributed by atoms with van der Waals surface area (Å²) in [6.07, 6.45) is 1.87. The maximum absolute atomic E-state index is 10.1.